The maximum atomic E-state index is 12.8. The maximum absolute atomic E-state index is 12.8. The zero-order valence-corrected chi connectivity index (χ0v) is 10.9. The fraction of sp³-hybridized carbons (Fsp3) is 0.364. The summed E-state index contributed by atoms with van der Waals surface area (Å²) in [5.41, 5.74) is 5.26. The number of carbonyl (C=O) groups excluding carboxylic acids is 1. The van der Waals surface area contributed by atoms with E-state index in [0.29, 0.717) is 15.6 Å². The molecule has 0 aromatic heterocycles. The second-order valence-corrected chi connectivity index (χ2v) is 4.53. The van der Waals surface area contributed by atoms with Crippen molar-refractivity contribution in [3.05, 3.63) is 33.8 Å². The number of hydrogen-bond donors (Lipinski definition) is 2. The molecule has 0 unspecified atom stereocenters. The number of benzene rings is 1. The first kappa shape index (κ1) is 15.1. The van der Waals surface area contributed by atoms with Crippen LogP contribution >= 0.6 is 23.2 Å². The van der Waals surface area contributed by atoms with E-state index in [-0.39, 0.29) is 6.42 Å². The molecule has 0 bridgehead atoms. The molecule has 0 atom stereocenters. The second kappa shape index (κ2) is 6.31. The van der Waals surface area contributed by atoms with Gasteiger partial charge in [0.15, 0.2) is 0 Å². The van der Waals surface area contributed by atoms with Gasteiger partial charge in [-0.2, -0.15) is 0 Å². The van der Waals surface area contributed by atoms with E-state index in [4.69, 9.17) is 28.9 Å². The summed E-state index contributed by atoms with van der Waals surface area (Å²) in [7, 11) is 0. The first-order chi connectivity index (χ1) is 8.35. The molecular weight excluding hydrogens is 285 g/mol. The van der Waals surface area contributed by atoms with Gasteiger partial charge in [0.2, 0.25) is 5.91 Å². The van der Waals surface area contributed by atoms with Gasteiger partial charge >= 0.3 is 0 Å². The lowest BCUT2D eigenvalue weighted by molar-refractivity contribution is -0.122. The molecule has 0 saturated heterocycles. The number of halogens is 4. The highest BCUT2D eigenvalue weighted by molar-refractivity contribution is 6.36. The van der Waals surface area contributed by atoms with Crippen LogP contribution in [0.1, 0.15) is 5.56 Å². The molecule has 0 heterocycles. The van der Waals surface area contributed by atoms with Gasteiger partial charge in [0.1, 0.15) is 0 Å². The van der Waals surface area contributed by atoms with Crippen LogP contribution in [0.25, 0.3) is 0 Å². The Kier molecular flexibility index (Phi) is 5.31. The van der Waals surface area contributed by atoms with Gasteiger partial charge in [0.25, 0.3) is 5.92 Å². The molecule has 0 spiro atoms. The number of alkyl halides is 2. The minimum atomic E-state index is -3.11. The molecule has 0 aliphatic heterocycles. The minimum Gasteiger partial charge on any atom is -0.350 e. The van der Waals surface area contributed by atoms with Crippen LogP contribution in [0.15, 0.2) is 18.2 Å². The Morgan fingerprint density at radius 3 is 2.39 bits per heavy atom. The van der Waals surface area contributed by atoms with E-state index in [1.54, 1.807) is 18.2 Å². The third-order valence-corrected chi connectivity index (χ3v) is 2.95. The van der Waals surface area contributed by atoms with Crippen LogP contribution in [0.3, 0.4) is 0 Å². The molecule has 1 amide bonds. The van der Waals surface area contributed by atoms with Crippen LogP contribution < -0.4 is 11.1 Å². The van der Waals surface area contributed by atoms with Crippen molar-refractivity contribution in [2.75, 3.05) is 13.1 Å². The van der Waals surface area contributed by atoms with Crippen molar-refractivity contribution < 1.29 is 13.6 Å². The lowest BCUT2D eigenvalue weighted by Gasteiger charge is -2.15. The number of carbonyl (C=O) groups is 1. The normalized spacial score (nSPS) is 11.4. The zero-order valence-electron chi connectivity index (χ0n) is 9.35. The third kappa shape index (κ3) is 4.40. The maximum Gasteiger partial charge on any atom is 0.277 e. The highest BCUT2D eigenvalue weighted by Crippen LogP contribution is 2.24. The van der Waals surface area contributed by atoms with Crippen molar-refractivity contribution in [3.8, 4) is 0 Å². The Morgan fingerprint density at radius 1 is 1.33 bits per heavy atom. The van der Waals surface area contributed by atoms with Gasteiger partial charge in [0.05, 0.1) is 19.5 Å². The van der Waals surface area contributed by atoms with Crippen LogP contribution in [0.2, 0.25) is 10.0 Å². The summed E-state index contributed by atoms with van der Waals surface area (Å²) >= 11 is 11.7. The first-order valence-electron chi connectivity index (χ1n) is 5.13. The number of amides is 1. The average molecular weight is 297 g/mol. The van der Waals surface area contributed by atoms with Gasteiger partial charge in [-0.1, -0.05) is 29.3 Å². The second-order valence-electron chi connectivity index (χ2n) is 3.71. The Bertz CT molecular complexity index is 421. The van der Waals surface area contributed by atoms with Crippen molar-refractivity contribution >= 4 is 29.1 Å². The van der Waals surface area contributed by atoms with E-state index in [1.165, 1.54) is 0 Å². The van der Waals surface area contributed by atoms with Crippen molar-refractivity contribution in [1.82, 2.24) is 5.32 Å². The summed E-state index contributed by atoms with van der Waals surface area (Å²) in [6.07, 6.45) is -0.154. The minimum absolute atomic E-state index is 0.154. The van der Waals surface area contributed by atoms with E-state index in [2.05, 4.69) is 5.32 Å². The van der Waals surface area contributed by atoms with E-state index in [1.807, 2.05) is 0 Å². The van der Waals surface area contributed by atoms with Crippen LogP contribution in [0, 0.1) is 0 Å². The molecule has 3 N–H and O–H groups in total. The Balaban J connectivity index is 2.61. The first-order valence-corrected chi connectivity index (χ1v) is 5.89. The van der Waals surface area contributed by atoms with Gasteiger partial charge in [-0.15, -0.1) is 0 Å². The summed E-state index contributed by atoms with van der Waals surface area (Å²) in [6.45, 7) is -1.62. The van der Waals surface area contributed by atoms with E-state index in [0.717, 1.165) is 0 Å². The quantitative estimate of drug-likeness (QED) is 0.876. The fourth-order valence-electron chi connectivity index (χ4n) is 1.22. The molecule has 0 fully saturated rings. The molecule has 0 aliphatic rings. The van der Waals surface area contributed by atoms with Crippen LogP contribution in [0.5, 0.6) is 0 Å². The molecule has 7 heteroatoms. The number of nitrogens with one attached hydrogen (secondary N) is 1. The lowest BCUT2D eigenvalue weighted by Crippen LogP contribution is -2.42. The number of nitrogens with two attached hydrogens (primary N) is 1. The molecular formula is C11H12Cl2F2N2O. The van der Waals surface area contributed by atoms with Gasteiger partial charge in [0, 0.05) is 10.0 Å². The van der Waals surface area contributed by atoms with E-state index >= 15 is 0 Å². The SMILES string of the molecule is NCC(F)(F)CNC(=O)Cc1c(Cl)cccc1Cl. The molecule has 1 rings (SSSR count). The smallest absolute Gasteiger partial charge is 0.277 e. The zero-order chi connectivity index (χ0) is 13.8. The molecule has 1 aromatic rings. The molecule has 0 aliphatic carbocycles. The standard InChI is InChI=1S/C11H12Cl2F2N2O/c12-8-2-1-3-9(13)7(8)4-10(18)17-6-11(14,15)5-16/h1-3H,4-6,16H2,(H,17,18). The summed E-state index contributed by atoms with van der Waals surface area (Å²) in [4.78, 5) is 11.5. The van der Waals surface area contributed by atoms with Crippen LogP contribution in [-0.2, 0) is 11.2 Å². The average Bonchev–Trinajstić information content (AvgIpc) is 2.32. The largest absolute Gasteiger partial charge is 0.350 e. The Labute approximate surface area is 113 Å². The topological polar surface area (TPSA) is 55.1 Å². The molecule has 0 radical (unpaired) electrons. The Hall–Kier alpha value is -0.910. The van der Waals surface area contributed by atoms with Gasteiger partial charge in [-0.25, -0.2) is 8.78 Å². The Morgan fingerprint density at radius 2 is 1.89 bits per heavy atom. The molecule has 100 valence electrons. The van der Waals surface area contributed by atoms with Crippen LogP contribution in [-0.4, -0.2) is 24.9 Å². The van der Waals surface area contributed by atoms with Gasteiger partial charge in [-0.3, -0.25) is 4.79 Å². The van der Waals surface area contributed by atoms with E-state index < -0.39 is 24.9 Å². The number of hydrogen-bond acceptors (Lipinski definition) is 2. The summed E-state index contributed by atoms with van der Waals surface area (Å²) in [5, 5.41) is 2.74. The van der Waals surface area contributed by atoms with Crippen molar-refractivity contribution in [1.29, 1.82) is 0 Å². The lowest BCUT2D eigenvalue weighted by atomic mass is 10.1. The van der Waals surface area contributed by atoms with Crippen molar-refractivity contribution in [2.24, 2.45) is 5.73 Å². The van der Waals surface area contributed by atoms with Crippen molar-refractivity contribution in [3.63, 3.8) is 0 Å². The highest BCUT2D eigenvalue weighted by Gasteiger charge is 2.27. The highest BCUT2D eigenvalue weighted by atomic mass is 35.5. The summed E-state index contributed by atoms with van der Waals surface area (Å²) in [5.74, 6) is -3.70. The predicted octanol–water partition coefficient (Wildman–Crippen LogP) is 2.25. The van der Waals surface area contributed by atoms with Crippen LogP contribution in [0.4, 0.5) is 8.78 Å². The third-order valence-electron chi connectivity index (χ3n) is 2.24. The van der Waals surface area contributed by atoms with Crippen molar-refractivity contribution in [2.45, 2.75) is 12.3 Å². The summed E-state index contributed by atoms with van der Waals surface area (Å²) < 4.78 is 25.6. The predicted molar refractivity (Wildman–Crippen MR) is 67.2 cm³/mol. The molecule has 3 nitrogen and oxygen atoms in total. The number of rotatable bonds is 5. The monoisotopic (exact) mass is 296 g/mol. The van der Waals surface area contributed by atoms with E-state index in [9.17, 15) is 13.6 Å². The molecule has 0 saturated carbocycles. The fourth-order valence-corrected chi connectivity index (χ4v) is 1.76. The molecule has 18 heavy (non-hydrogen) atoms. The van der Waals surface area contributed by atoms with Gasteiger partial charge < -0.3 is 11.1 Å². The molecule has 1 aromatic carbocycles. The van der Waals surface area contributed by atoms with Gasteiger partial charge in [-0.05, 0) is 17.7 Å². The summed E-state index contributed by atoms with van der Waals surface area (Å²) in [6, 6.07) is 4.78.